The Balaban J connectivity index is 1.46. The second-order valence-corrected chi connectivity index (χ2v) is 10.4. The number of pyridine rings is 1. The summed E-state index contributed by atoms with van der Waals surface area (Å²) in [5.74, 6) is 9.83. The minimum atomic E-state index is -2.63. The van der Waals surface area contributed by atoms with E-state index in [9.17, 15) is 9.35 Å². The number of para-hydroxylation sites is 2. The number of hydrogen-bond acceptors (Lipinski definition) is 5. The minimum Gasteiger partial charge on any atom is -0.464 e. The number of aromatic nitrogens is 2. The molecule has 0 amide bonds. The highest BCUT2D eigenvalue weighted by Gasteiger charge is 2.23. The van der Waals surface area contributed by atoms with E-state index in [4.69, 9.17) is 0 Å². The van der Waals surface area contributed by atoms with Gasteiger partial charge in [-0.05, 0) is 42.5 Å². The zero-order valence-electron chi connectivity index (χ0n) is 19.9. The lowest BCUT2D eigenvalue weighted by Crippen LogP contribution is -2.21. The fraction of sp³-hybridized carbons (Fsp3) is 0.0690. The Bertz CT molecular complexity index is 1730. The van der Waals surface area contributed by atoms with Gasteiger partial charge in [0.25, 0.3) is 0 Å². The number of anilines is 1. The van der Waals surface area contributed by atoms with Crippen LogP contribution in [0.3, 0.4) is 0 Å². The standard InChI is InChI=1S/C29H23N3O3S/c1-32-27-11-7-5-9-23(27)24-18-22(15-17-28(24)32)36(3,34)31-25-10-6-4-8-21(25)14-12-20-13-16-26(30-19-20)29(33)35-2/h4-11,13,15-19H,3H2,1-2H3,(H-,31,33,34)/p+1. The molecule has 0 radical (unpaired) electrons. The van der Waals surface area contributed by atoms with Gasteiger partial charge in [0, 0.05) is 46.7 Å². The van der Waals surface area contributed by atoms with Crippen LogP contribution in [0.25, 0.3) is 21.8 Å². The maximum absolute atomic E-state index is 11.6. The number of ether oxygens (including phenoxy) is 1. The van der Waals surface area contributed by atoms with Crippen molar-refractivity contribution in [2.24, 2.45) is 7.05 Å². The van der Waals surface area contributed by atoms with Crippen molar-refractivity contribution in [1.29, 1.82) is 0 Å². The van der Waals surface area contributed by atoms with E-state index in [1.54, 1.807) is 12.1 Å². The van der Waals surface area contributed by atoms with E-state index in [-0.39, 0.29) is 5.69 Å². The Morgan fingerprint density at radius 1 is 1.00 bits per heavy atom. The lowest BCUT2D eigenvalue weighted by Gasteiger charge is -2.15. The molecule has 5 aromatic rings. The first-order valence-corrected chi connectivity index (χ1v) is 12.9. The SMILES string of the molecule is C=[S+](O)(Nc1ccccc1C#Cc1ccc(C(=O)OC)nc1)c1ccc2c(c1)c1ccccc1n2C. The number of rotatable bonds is 4. The number of nitrogens with zero attached hydrogens (tertiary/aromatic N) is 2. The molecule has 36 heavy (non-hydrogen) atoms. The van der Waals surface area contributed by atoms with Crippen LogP contribution in [0.4, 0.5) is 5.69 Å². The molecule has 6 nitrogen and oxygen atoms in total. The zero-order chi connectivity index (χ0) is 25.3. The molecule has 2 aromatic heterocycles. The van der Waals surface area contributed by atoms with Gasteiger partial charge in [-0.25, -0.2) is 14.5 Å². The summed E-state index contributed by atoms with van der Waals surface area (Å²) < 4.78 is 21.5. The molecule has 0 aliphatic heterocycles. The third kappa shape index (κ3) is 4.36. The number of fused-ring (bicyclic) bond motifs is 3. The van der Waals surface area contributed by atoms with Crippen molar-refractivity contribution >= 4 is 49.4 Å². The monoisotopic (exact) mass is 494 g/mol. The Hall–Kier alpha value is -4.38. The van der Waals surface area contributed by atoms with E-state index in [2.05, 4.69) is 48.9 Å². The van der Waals surface area contributed by atoms with Crippen molar-refractivity contribution < 1.29 is 14.1 Å². The molecule has 1 atom stereocenters. The van der Waals surface area contributed by atoms with Gasteiger partial charge in [0.2, 0.25) is 0 Å². The first-order chi connectivity index (χ1) is 17.4. The van der Waals surface area contributed by atoms with Crippen LogP contribution in [0.15, 0.2) is 90.0 Å². The highest BCUT2D eigenvalue weighted by atomic mass is 32.3. The summed E-state index contributed by atoms with van der Waals surface area (Å²) >= 11 is 0. The largest absolute Gasteiger partial charge is 0.464 e. The van der Waals surface area contributed by atoms with Gasteiger partial charge in [-0.3, -0.25) is 0 Å². The highest BCUT2D eigenvalue weighted by Crippen LogP contribution is 2.31. The van der Waals surface area contributed by atoms with Gasteiger partial charge < -0.3 is 9.30 Å². The fourth-order valence-corrected chi connectivity index (χ4v) is 5.38. The molecular weight excluding hydrogens is 470 g/mol. The van der Waals surface area contributed by atoms with E-state index in [1.165, 1.54) is 13.3 Å². The number of benzene rings is 3. The summed E-state index contributed by atoms with van der Waals surface area (Å²) in [6, 6.07) is 24.9. The van der Waals surface area contributed by atoms with Gasteiger partial charge in [0.05, 0.1) is 18.4 Å². The molecule has 0 bridgehead atoms. The number of carbonyl (C=O) groups is 1. The third-order valence-corrected chi connectivity index (χ3v) is 7.57. The van der Waals surface area contributed by atoms with E-state index in [0.29, 0.717) is 16.8 Å². The summed E-state index contributed by atoms with van der Waals surface area (Å²) in [6.07, 6.45) is 1.53. The molecule has 5 rings (SSSR count). The number of hydrogen-bond donors (Lipinski definition) is 2. The summed E-state index contributed by atoms with van der Waals surface area (Å²) in [7, 11) is 0.726. The van der Waals surface area contributed by atoms with Crippen LogP contribution in [0.1, 0.15) is 21.6 Å². The van der Waals surface area contributed by atoms with Crippen LogP contribution in [0.5, 0.6) is 0 Å². The van der Waals surface area contributed by atoms with Gasteiger partial charge in [-0.15, -0.1) is 0 Å². The average molecular weight is 495 g/mol. The molecule has 7 heteroatoms. The molecule has 0 saturated heterocycles. The van der Waals surface area contributed by atoms with Crippen molar-refractivity contribution in [2.45, 2.75) is 4.90 Å². The zero-order valence-corrected chi connectivity index (χ0v) is 20.7. The third-order valence-electron chi connectivity index (χ3n) is 5.98. The molecule has 2 N–H and O–H groups in total. The number of carbonyl (C=O) groups excluding carboxylic acids is 1. The minimum absolute atomic E-state index is 0.221. The topological polar surface area (TPSA) is 76.4 Å². The van der Waals surface area contributed by atoms with Crippen LogP contribution in [-0.2, 0) is 21.9 Å². The number of methoxy groups -OCH3 is 1. The van der Waals surface area contributed by atoms with E-state index in [0.717, 1.165) is 26.7 Å². The molecule has 0 saturated carbocycles. The predicted octanol–water partition coefficient (Wildman–Crippen LogP) is 5.36. The van der Waals surface area contributed by atoms with Gasteiger partial charge in [0.15, 0.2) is 4.90 Å². The molecule has 2 heterocycles. The second kappa shape index (κ2) is 9.34. The first kappa shape index (κ1) is 23.4. The van der Waals surface area contributed by atoms with Gasteiger partial charge in [-0.1, -0.05) is 42.2 Å². The van der Waals surface area contributed by atoms with E-state index in [1.807, 2.05) is 61.6 Å². The number of esters is 1. The summed E-state index contributed by atoms with van der Waals surface area (Å²) in [5.41, 5.74) is 4.48. The Kier molecular flexibility index (Phi) is 6.06. The van der Waals surface area contributed by atoms with Crippen LogP contribution >= 0.6 is 0 Å². The van der Waals surface area contributed by atoms with Crippen LogP contribution < -0.4 is 4.72 Å². The van der Waals surface area contributed by atoms with Crippen molar-refractivity contribution in [3.05, 3.63) is 102 Å². The van der Waals surface area contributed by atoms with E-state index >= 15 is 0 Å². The normalized spacial score (nSPS) is 12.5. The molecule has 178 valence electrons. The molecule has 0 fully saturated rings. The van der Waals surface area contributed by atoms with Crippen LogP contribution in [0.2, 0.25) is 0 Å². The highest BCUT2D eigenvalue weighted by molar-refractivity contribution is 8.07. The summed E-state index contributed by atoms with van der Waals surface area (Å²) in [4.78, 5) is 16.4. The fourth-order valence-electron chi connectivity index (χ4n) is 4.11. The molecule has 3 aromatic carbocycles. The number of nitrogens with one attached hydrogen (secondary N) is 1. The molecule has 0 aliphatic carbocycles. The van der Waals surface area contributed by atoms with Crippen molar-refractivity contribution in [3.63, 3.8) is 0 Å². The lowest BCUT2D eigenvalue weighted by atomic mass is 10.1. The first-order valence-electron chi connectivity index (χ1n) is 11.2. The maximum atomic E-state index is 11.6. The van der Waals surface area contributed by atoms with Gasteiger partial charge in [-0.2, -0.15) is 4.55 Å². The smallest absolute Gasteiger partial charge is 0.356 e. The van der Waals surface area contributed by atoms with Crippen molar-refractivity contribution in [1.82, 2.24) is 9.55 Å². The second-order valence-electron chi connectivity index (χ2n) is 8.28. The van der Waals surface area contributed by atoms with E-state index < -0.39 is 16.1 Å². The lowest BCUT2D eigenvalue weighted by molar-refractivity contribution is 0.0594. The Labute approximate surface area is 210 Å². The average Bonchev–Trinajstić information content (AvgIpc) is 3.19. The van der Waals surface area contributed by atoms with Crippen LogP contribution in [-0.4, -0.2) is 33.1 Å². The van der Waals surface area contributed by atoms with Crippen molar-refractivity contribution in [2.75, 3.05) is 11.8 Å². The molecular formula is C29H24N3O3S+. The predicted molar refractivity (Wildman–Crippen MR) is 147 cm³/mol. The van der Waals surface area contributed by atoms with Crippen LogP contribution in [0, 0.1) is 11.8 Å². The Morgan fingerprint density at radius 2 is 1.75 bits per heavy atom. The van der Waals surface area contributed by atoms with Gasteiger partial charge in [0.1, 0.15) is 21.6 Å². The van der Waals surface area contributed by atoms with Gasteiger partial charge >= 0.3 is 5.97 Å². The maximum Gasteiger partial charge on any atom is 0.356 e. The van der Waals surface area contributed by atoms with Crippen molar-refractivity contribution in [3.8, 4) is 11.8 Å². The Morgan fingerprint density at radius 3 is 2.53 bits per heavy atom. The summed E-state index contributed by atoms with van der Waals surface area (Å²) in [6.45, 7) is 0. The number of aryl methyl sites for hydroxylation is 1. The summed E-state index contributed by atoms with van der Waals surface area (Å²) in [5, 5.41) is 2.20. The molecule has 0 aliphatic rings. The molecule has 0 spiro atoms. The quantitative estimate of drug-likeness (QED) is 0.152. The molecule has 1 unspecified atom stereocenters.